The third-order valence-corrected chi connectivity index (χ3v) is 3.33. The molecule has 2 aromatic rings. The van der Waals surface area contributed by atoms with Crippen LogP contribution in [-0.4, -0.2) is 7.11 Å². The number of halogens is 1. The van der Waals surface area contributed by atoms with E-state index in [4.69, 9.17) is 4.74 Å². The van der Waals surface area contributed by atoms with Crippen LogP contribution in [0.4, 0.5) is 0 Å². The van der Waals surface area contributed by atoms with Crippen molar-refractivity contribution in [1.82, 2.24) is 0 Å². The molecule has 0 aliphatic carbocycles. The highest BCUT2D eigenvalue weighted by atomic mass is 79.9. The summed E-state index contributed by atoms with van der Waals surface area (Å²) >= 11 is 3.58. The Labute approximate surface area is 104 Å². The Morgan fingerprint density at radius 2 is 1.81 bits per heavy atom. The van der Waals surface area contributed by atoms with Crippen molar-refractivity contribution in [3.05, 3.63) is 52.5 Å². The summed E-state index contributed by atoms with van der Waals surface area (Å²) in [5.74, 6) is 0.860. The molecule has 0 fully saturated rings. The fourth-order valence-electron chi connectivity index (χ4n) is 1.70. The van der Waals surface area contributed by atoms with E-state index in [1.165, 1.54) is 11.1 Å². The minimum Gasteiger partial charge on any atom is -0.496 e. The molecule has 0 radical (unpaired) electrons. The average molecular weight is 277 g/mol. The smallest absolute Gasteiger partial charge is 0.133 e. The highest BCUT2D eigenvalue weighted by Gasteiger charge is 2.07. The second-order valence-corrected chi connectivity index (χ2v) is 4.48. The first kappa shape index (κ1) is 11.2. The monoisotopic (exact) mass is 276 g/mol. The van der Waals surface area contributed by atoms with Crippen molar-refractivity contribution in [1.29, 1.82) is 0 Å². The van der Waals surface area contributed by atoms with E-state index in [0.717, 1.165) is 15.8 Å². The van der Waals surface area contributed by atoms with E-state index in [1.54, 1.807) is 7.11 Å². The second kappa shape index (κ2) is 4.71. The van der Waals surface area contributed by atoms with Crippen molar-refractivity contribution >= 4 is 15.9 Å². The molecule has 2 aromatic carbocycles. The Bertz CT molecular complexity index is 506. The number of methoxy groups -OCH3 is 1. The fraction of sp³-hybridized carbons (Fsp3) is 0.143. The second-order valence-electron chi connectivity index (χ2n) is 3.69. The number of rotatable bonds is 2. The molecule has 0 saturated carbocycles. The van der Waals surface area contributed by atoms with E-state index in [9.17, 15) is 0 Å². The summed E-state index contributed by atoms with van der Waals surface area (Å²) in [7, 11) is 1.68. The van der Waals surface area contributed by atoms with Crippen molar-refractivity contribution in [3.8, 4) is 16.9 Å². The molecule has 0 heterocycles. The number of aryl methyl sites for hydroxylation is 1. The number of ether oxygens (including phenoxy) is 1. The lowest BCUT2D eigenvalue weighted by Gasteiger charge is -2.09. The van der Waals surface area contributed by atoms with E-state index in [-0.39, 0.29) is 0 Å². The number of benzene rings is 2. The van der Waals surface area contributed by atoms with Crippen LogP contribution in [0.5, 0.6) is 5.75 Å². The summed E-state index contributed by atoms with van der Waals surface area (Å²) in [5.41, 5.74) is 3.61. The molecule has 0 bridgehead atoms. The Kier molecular flexibility index (Phi) is 3.30. The highest BCUT2D eigenvalue weighted by Crippen LogP contribution is 2.35. The van der Waals surface area contributed by atoms with Gasteiger partial charge in [0.05, 0.1) is 11.6 Å². The summed E-state index contributed by atoms with van der Waals surface area (Å²) in [4.78, 5) is 0. The molecule has 0 aromatic heterocycles. The lowest BCUT2D eigenvalue weighted by atomic mass is 10.0. The summed E-state index contributed by atoms with van der Waals surface area (Å²) in [5, 5.41) is 0. The molecule has 2 rings (SSSR count). The van der Waals surface area contributed by atoms with Crippen LogP contribution in [0.3, 0.4) is 0 Å². The van der Waals surface area contributed by atoms with Crippen LogP contribution >= 0.6 is 15.9 Å². The Balaban J connectivity index is 2.56. The van der Waals surface area contributed by atoms with Crippen LogP contribution in [0.2, 0.25) is 0 Å². The molecular weight excluding hydrogens is 264 g/mol. The van der Waals surface area contributed by atoms with Crippen LogP contribution in [0.25, 0.3) is 11.1 Å². The zero-order chi connectivity index (χ0) is 11.5. The first-order valence-corrected chi connectivity index (χ1v) is 5.91. The van der Waals surface area contributed by atoms with Gasteiger partial charge in [0, 0.05) is 0 Å². The van der Waals surface area contributed by atoms with Gasteiger partial charge in [0.1, 0.15) is 5.75 Å². The average Bonchev–Trinajstić information content (AvgIpc) is 2.29. The predicted octanol–water partition coefficient (Wildman–Crippen LogP) is 4.43. The maximum atomic E-state index is 5.29. The van der Waals surface area contributed by atoms with Crippen molar-refractivity contribution in [3.63, 3.8) is 0 Å². The van der Waals surface area contributed by atoms with Gasteiger partial charge in [-0.3, -0.25) is 0 Å². The summed E-state index contributed by atoms with van der Waals surface area (Å²) in [6.07, 6.45) is 0. The Morgan fingerprint density at radius 1 is 1.06 bits per heavy atom. The van der Waals surface area contributed by atoms with Gasteiger partial charge in [0.15, 0.2) is 0 Å². The maximum Gasteiger partial charge on any atom is 0.133 e. The molecule has 16 heavy (non-hydrogen) atoms. The molecule has 1 nitrogen and oxygen atoms in total. The highest BCUT2D eigenvalue weighted by molar-refractivity contribution is 9.10. The van der Waals surface area contributed by atoms with Gasteiger partial charge in [-0.2, -0.15) is 0 Å². The number of hydrogen-bond acceptors (Lipinski definition) is 1. The lowest BCUT2D eigenvalue weighted by molar-refractivity contribution is 0.412. The molecule has 0 spiro atoms. The molecule has 2 heteroatoms. The lowest BCUT2D eigenvalue weighted by Crippen LogP contribution is -1.87. The van der Waals surface area contributed by atoms with Gasteiger partial charge in [-0.05, 0) is 40.0 Å². The van der Waals surface area contributed by atoms with Crippen molar-refractivity contribution in [2.45, 2.75) is 6.92 Å². The number of hydrogen-bond donors (Lipinski definition) is 0. The van der Waals surface area contributed by atoms with E-state index >= 15 is 0 Å². The summed E-state index contributed by atoms with van der Waals surface area (Å²) in [6, 6.07) is 14.5. The van der Waals surface area contributed by atoms with Crippen LogP contribution in [0, 0.1) is 6.92 Å². The third-order valence-electron chi connectivity index (χ3n) is 2.51. The first-order chi connectivity index (χ1) is 7.72. The van der Waals surface area contributed by atoms with E-state index < -0.39 is 0 Å². The van der Waals surface area contributed by atoms with Crippen molar-refractivity contribution in [2.24, 2.45) is 0 Å². The molecular formula is C14H13BrO. The molecule has 0 aliphatic heterocycles. The normalized spacial score (nSPS) is 10.2. The summed E-state index contributed by atoms with van der Waals surface area (Å²) in [6.45, 7) is 2.09. The largest absolute Gasteiger partial charge is 0.496 e. The van der Waals surface area contributed by atoms with E-state index in [2.05, 4.69) is 53.2 Å². The molecule has 0 saturated heterocycles. The van der Waals surface area contributed by atoms with Crippen LogP contribution < -0.4 is 4.74 Å². The predicted molar refractivity (Wildman–Crippen MR) is 70.9 cm³/mol. The molecule has 0 unspecified atom stereocenters. The molecule has 0 amide bonds. The minimum absolute atomic E-state index is 0.860. The van der Waals surface area contributed by atoms with Gasteiger partial charge in [-0.1, -0.05) is 42.0 Å². The van der Waals surface area contributed by atoms with Gasteiger partial charge in [0.2, 0.25) is 0 Å². The molecule has 0 N–H and O–H groups in total. The third kappa shape index (κ3) is 2.12. The fourth-order valence-corrected chi connectivity index (χ4v) is 2.36. The van der Waals surface area contributed by atoms with E-state index in [1.807, 2.05) is 12.1 Å². The minimum atomic E-state index is 0.860. The van der Waals surface area contributed by atoms with Crippen LogP contribution in [-0.2, 0) is 0 Å². The zero-order valence-electron chi connectivity index (χ0n) is 9.33. The van der Waals surface area contributed by atoms with E-state index in [0.29, 0.717) is 0 Å². The topological polar surface area (TPSA) is 9.23 Å². The first-order valence-electron chi connectivity index (χ1n) is 5.12. The quantitative estimate of drug-likeness (QED) is 0.788. The zero-order valence-corrected chi connectivity index (χ0v) is 10.9. The Morgan fingerprint density at radius 3 is 2.50 bits per heavy atom. The van der Waals surface area contributed by atoms with Crippen LogP contribution in [0.1, 0.15) is 5.56 Å². The van der Waals surface area contributed by atoms with Gasteiger partial charge < -0.3 is 4.74 Å². The maximum absolute atomic E-state index is 5.29. The van der Waals surface area contributed by atoms with Gasteiger partial charge in [0.25, 0.3) is 0 Å². The summed E-state index contributed by atoms with van der Waals surface area (Å²) < 4.78 is 6.29. The van der Waals surface area contributed by atoms with Gasteiger partial charge in [-0.15, -0.1) is 0 Å². The SMILES string of the molecule is COc1cccc(-c2cccc(C)c2)c1Br. The van der Waals surface area contributed by atoms with Gasteiger partial charge >= 0.3 is 0 Å². The molecule has 0 atom stereocenters. The standard InChI is InChI=1S/C14H13BrO/c1-10-5-3-6-11(9-10)12-7-4-8-13(16-2)14(12)15/h3-9H,1-2H3. The molecule has 0 aliphatic rings. The van der Waals surface area contributed by atoms with Crippen molar-refractivity contribution < 1.29 is 4.74 Å². The molecule has 82 valence electrons. The Hall–Kier alpha value is -1.28. The van der Waals surface area contributed by atoms with Crippen molar-refractivity contribution in [2.75, 3.05) is 7.11 Å². The van der Waals surface area contributed by atoms with Gasteiger partial charge in [-0.25, -0.2) is 0 Å². The van der Waals surface area contributed by atoms with Crippen LogP contribution in [0.15, 0.2) is 46.9 Å².